The monoisotopic (exact) mass is 445 g/mol. The van der Waals surface area contributed by atoms with Crippen molar-refractivity contribution in [3.8, 4) is 0 Å². The minimum Gasteiger partial charge on any atom is -0.390 e. The van der Waals surface area contributed by atoms with E-state index in [2.05, 4.69) is 54.6 Å². The van der Waals surface area contributed by atoms with Crippen LogP contribution in [0.1, 0.15) is 55.8 Å². The van der Waals surface area contributed by atoms with E-state index >= 15 is 0 Å². The summed E-state index contributed by atoms with van der Waals surface area (Å²) in [5.41, 5.74) is 4.00. The van der Waals surface area contributed by atoms with Crippen molar-refractivity contribution >= 4 is 11.6 Å². The number of nitrogens with one attached hydrogen (secondary N) is 2. The Labute approximate surface area is 188 Å². The largest absolute Gasteiger partial charge is 0.390 e. The molecule has 0 spiro atoms. The van der Waals surface area contributed by atoms with Crippen molar-refractivity contribution in [2.75, 3.05) is 25.0 Å². The van der Waals surface area contributed by atoms with Crippen LogP contribution in [0, 0.1) is 11.6 Å². The molecule has 1 amide bonds. The van der Waals surface area contributed by atoms with Crippen LogP contribution in [0.15, 0.2) is 36.4 Å². The van der Waals surface area contributed by atoms with Gasteiger partial charge in [-0.2, -0.15) is 0 Å². The first kappa shape index (κ1) is 24.1. The predicted molar refractivity (Wildman–Crippen MR) is 123 cm³/mol. The number of nitrogens with zero attached hydrogens (tertiary/aromatic N) is 1. The molecule has 3 atom stereocenters. The van der Waals surface area contributed by atoms with Gasteiger partial charge in [-0.3, -0.25) is 4.79 Å². The summed E-state index contributed by atoms with van der Waals surface area (Å²) >= 11 is 0. The molecule has 0 saturated heterocycles. The third kappa shape index (κ3) is 6.04. The van der Waals surface area contributed by atoms with Crippen molar-refractivity contribution in [2.24, 2.45) is 0 Å². The quantitative estimate of drug-likeness (QED) is 0.580. The highest BCUT2D eigenvalue weighted by Crippen LogP contribution is 2.35. The lowest BCUT2D eigenvalue weighted by atomic mass is 9.91. The Morgan fingerprint density at radius 3 is 2.50 bits per heavy atom. The molecule has 2 aromatic carbocycles. The van der Waals surface area contributed by atoms with Crippen LogP contribution in [0.5, 0.6) is 0 Å². The summed E-state index contributed by atoms with van der Waals surface area (Å²) < 4.78 is 27.2. The zero-order valence-electron chi connectivity index (χ0n) is 19.2. The molecule has 0 aliphatic carbocycles. The first-order valence-corrected chi connectivity index (χ1v) is 11.1. The van der Waals surface area contributed by atoms with Gasteiger partial charge in [-0.1, -0.05) is 26.0 Å². The van der Waals surface area contributed by atoms with Crippen LogP contribution in [0.2, 0.25) is 0 Å². The summed E-state index contributed by atoms with van der Waals surface area (Å²) in [6.45, 7) is 6.81. The highest BCUT2D eigenvalue weighted by molar-refractivity contribution is 5.73. The van der Waals surface area contributed by atoms with E-state index < -0.39 is 23.8 Å². The van der Waals surface area contributed by atoms with Crippen molar-refractivity contribution in [2.45, 2.75) is 57.7 Å². The molecule has 3 rings (SSSR count). The molecule has 174 valence electrons. The molecule has 0 fully saturated rings. The van der Waals surface area contributed by atoms with Gasteiger partial charge >= 0.3 is 0 Å². The van der Waals surface area contributed by atoms with Gasteiger partial charge in [0, 0.05) is 44.9 Å². The van der Waals surface area contributed by atoms with Gasteiger partial charge in [-0.05, 0) is 53.6 Å². The molecule has 0 radical (unpaired) electrons. The van der Waals surface area contributed by atoms with E-state index in [1.54, 1.807) is 0 Å². The minimum absolute atomic E-state index is 0.0687. The van der Waals surface area contributed by atoms with Crippen molar-refractivity contribution < 1.29 is 18.7 Å². The Kier molecular flexibility index (Phi) is 7.85. The van der Waals surface area contributed by atoms with E-state index in [9.17, 15) is 18.7 Å². The standard InChI is InChI=1S/C25H33F2N3O2/c1-15(2)18-5-6-24-21(12-18)22(7-8-30(24)4)28-14-25(32)23(29-16(3)31)11-17-9-19(26)13-20(27)10-17/h5-6,9-10,12-13,15,22-23,25,28,32H,7-8,11,14H2,1-4H3,(H,29,31)/t22-,23-,25+/m0/s1. The molecule has 32 heavy (non-hydrogen) atoms. The van der Waals surface area contributed by atoms with Gasteiger partial charge in [-0.15, -0.1) is 0 Å². The third-order valence-electron chi connectivity index (χ3n) is 6.06. The summed E-state index contributed by atoms with van der Waals surface area (Å²) in [7, 11) is 2.07. The van der Waals surface area contributed by atoms with Crippen molar-refractivity contribution in [3.63, 3.8) is 0 Å². The first-order valence-electron chi connectivity index (χ1n) is 11.1. The molecule has 0 aromatic heterocycles. The number of aliphatic hydroxyl groups is 1. The Hall–Kier alpha value is -2.51. The zero-order valence-corrected chi connectivity index (χ0v) is 19.2. The lowest BCUT2D eigenvalue weighted by Gasteiger charge is -2.35. The maximum Gasteiger partial charge on any atom is 0.217 e. The zero-order chi connectivity index (χ0) is 23.4. The van der Waals surface area contributed by atoms with Crippen molar-refractivity contribution in [3.05, 3.63) is 64.7 Å². The lowest BCUT2D eigenvalue weighted by molar-refractivity contribution is -0.120. The Balaban J connectivity index is 1.73. The summed E-state index contributed by atoms with van der Waals surface area (Å²) in [6.07, 6.45) is 0.0811. The maximum absolute atomic E-state index is 13.6. The SMILES string of the molecule is CC(=O)N[C@@H](Cc1cc(F)cc(F)c1)[C@H](O)CN[C@H]1CCN(C)c2ccc(C(C)C)cc21. The lowest BCUT2D eigenvalue weighted by Crippen LogP contribution is -2.49. The van der Waals surface area contributed by atoms with Gasteiger partial charge in [0.2, 0.25) is 5.91 Å². The molecule has 2 aromatic rings. The van der Waals surface area contributed by atoms with Crippen LogP contribution in [-0.4, -0.2) is 43.3 Å². The summed E-state index contributed by atoms with van der Waals surface area (Å²) in [4.78, 5) is 13.9. The second-order valence-corrected chi connectivity index (χ2v) is 9.00. The van der Waals surface area contributed by atoms with E-state index in [-0.39, 0.29) is 24.9 Å². The van der Waals surface area contributed by atoms with Gasteiger partial charge < -0.3 is 20.6 Å². The Morgan fingerprint density at radius 1 is 1.19 bits per heavy atom. The van der Waals surface area contributed by atoms with E-state index in [1.165, 1.54) is 35.9 Å². The molecule has 3 N–H and O–H groups in total. The van der Waals surface area contributed by atoms with Gasteiger partial charge in [0.25, 0.3) is 0 Å². The second-order valence-electron chi connectivity index (χ2n) is 9.00. The van der Waals surface area contributed by atoms with E-state index in [0.29, 0.717) is 11.5 Å². The van der Waals surface area contributed by atoms with Crippen molar-refractivity contribution in [1.29, 1.82) is 0 Å². The van der Waals surface area contributed by atoms with Gasteiger partial charge in [0.1, 0.15) is 11.6 Å². The number of carbonyl (C=O) groups is 1. The summed E-state index contributed by atoms with van der Waals surface area (Å²) in [5, 5.41) is 17.0. The topological polar surface area (TPSA) is 64.6 Å². The molecule has 1 heterocycles. The van der Waals surface area contributed by atoms with Crippen LogP contribution in [-0.2, 0) is 11.2 Å². The number of hydrogen-bond acceptors (Lipinski definition) is 4. The molecule has 0 bridgehead atoms. The highest BCUT2D eigenvalue weighted by atomic mass is 19.1. The number of rotatable bonds is 8. The molecule has 0 saturated carbocycles. The Morgan fingerprint density at radius 2 is 1.88 bits per heavy atom. The maximum atomic E-state index is 13.6. The number of aliphatic hydroxyl groups excluding tert-OH is 1. The van der Waals surface area contributed by atoms with Gasteiger partial charge in [0.05, 0.1) is 12.1 Å². The van der Waals surface area contributed by atoms with Gasteiger partial charge in [-0.25, -0.2) is 8.78 Å². The predicted octanol–water partition coefficient (Wildman–Crippen LogP) is 3.67. The molecule has 1 aliphatic heterocycles. The second kappa shape index (κ2) is 10.4. The number of carbonyl (C=O) groups excluding carboxylic acids is 1. The fraction of sp³-hybridized carbons (Fsp3) is 0.480. The minimum atomic E-state index is -0.929. The molecule has 0 unspecified atom stereocenters. The number of halogens is 2. The number of anilines is 1. The molecular formula is C25H33F2N3O2. The molecule has 7 heteroatoms. The van der Waals surface area contributed by atoms with E-state index in [1.807, 2.05) is 0 Å². The third-order valence-corrected chi connectivity index (χ3v) is 6.06. The van der Waals surface area contributed by atoms with Crippen LogP contribution in [0.4, 0.5) is 14.5 Å². The molecule has 1 aliphatic rings. The smallest absolute Gasteiger partial charge is 0.217 e. The fourth-order valence-corrected chi connectivity index (χ4v) is 4.30. The summed E-state index contributed by atoms with van der Waals surface area (Å²) in [6, 6.07) is 9.17. The average Bonchev–Trinajstić information content (AvgIpc) is 2.71. The van der Waals surface area contributed by atoms with E-state index in [4.69, 9.17) is 0 Å². The Bertz CT molecular complexity index is 931. The fourth-order valence-electron chi connectivity index (χ4n) is 4.30. The van der Waals surface area contributed by atoms with Crippen LogP contribution >= 0.6 is 0 Å². The van der Waals surface area contributed by atoms with Gasteiger partial charge in [0.15, 0.2) is 0 Å². The summed E-state index contributed by atoms with van der Waals surface area (Å²) in [5.74, 6) is -1.26. The van der Waals surface area contributed by atoms with Crippen LogP contribution in [0.25, 0.3) is 0 Å². The van der Waals surface area contributed by atoms with Crippen LogP contribution < -0.4 is 15.5 Å². The highest BCUT2D eigenvalue weighted by Gasteiger charge is 2.27. The number of amides is 1. The van der Waals surface area contributed by atoms with Crippen LogP contribution in [0.3, 0.4) is 0 Å². The number of fused-ring (bicyclic) bond motifs is 1. The molecule has 5 nitrogen and oxygen atoms in total. The normalized spacial score (nSPS) is 17.8. The number of hydrogen-bond donors (Lipinski definition) is 3. The molecular weight excluding hydrogens is 412 g/mol. The first-order chi connectivity index (χ1) is 15.1. The number of benzene rings is 2. The van der Waals surface area contributed by atoms with Crippen molar-refractivity contribution in [1.82, 2.24) is 10.6 Å². The average molecular weight is 446 g/mol. The van der Waals surface area contributed by atoms with E-state index in [0.717, 1.165) is 19.0 Å².